The molecule has 210 valence electrons. The molecule has 9 heteroatoms. The fourth-order valence-electron chi connectivity index (χ4n) is 4.90. The minimum absolute atomic E-state index is 0.0905. The zero-order chi connectivity index (χ0) is 29.1. The lowest BCUT2D eigenvalue weighted by Gasteiger charge is -2.26. The van der Waals surface area contributed by atoms with E-state index in [-0.39, 0.29) is 24.6 Å². The maximum Gasteiger partial charge on any atom is 0.262 e. The van der Waals surface area contributed by atoms with E-state index in [0.29, 0.717) is 27.3 Å². The van der Waals surface area contributed by atoms with Gasteiger partial charge in [-0.15, -0.1) is 0 Å². The number of carbonyl (C=O) groups excluding carboxylic acids is 1. The number of thiocarbonyl (C=S) groups is 1. The van der Waals surface area contributed by atoms with Crippen molar-refractivity contribution in [3.63, 3.8) is 0 Å². The molecule has 0 aliphatic carbocycles. The molecule has 7 nitrogen and oxygen atoms in total. The van der Waals surface area contributed by atoms with Crippen LogP contribution in [0, 0.1) is 6.92 Å². The Morgan fingerprint density at radius 1 is 1.02 bits per heavy atom. The molecule has 0 spiro atoms. The van der Waals surface area contributed by atoms with E-state index in [0.717, 1.165) is 28.3 Å². The quantitative estimate of drug-likeness (QED) is 0.180. The first kappa shape index (κ1) is 27.5. The van der Waals surface area contributed by atoms with Crippen LogP contribution in [0.25, 0.3) is 11.3 Å². The van der Waals surface area contributed by atoms with E-state index >= 15 is 0 Å². The van der Waals surface area contributed by atoms with Crippen LogP contribution in [0.3, 0.4) is 0 Å². The summed E-state index contributed by atoms with van der Waals surface area (Å²) >= 11 is 12.2. The van der Waals surface area contributed by atoms with Crippen LogP contribution < -0.4 is 20.3 Å². The Hall–Kier alpha value is -4.66. The van der Waals surface area contributed by atoms with Crippen molar-refractivity contribution >= 4 is 46.2 Å². The van der Waals surface area contributed by atoms with E-state index in [1.807, 2.05) is 115 Å². The number of pyridine rings is 1. The maximum absolute atomic E-state index is 12.5. The fourth-order valence-corrected chi connectivity index (χ4v) is 5.43. The summed E-state index contributed by atoms with van der Waals surface area (Å²) in [4.78, 5) is 19.1. The molecule has 0 bridgehead atoms. The van der Waals surface area contributed by atoms with Gasteiger partial charge in [0.2, 0.25) is 0 Å². The number of para-hydroxylation sites is 1. The molecule has 42 heavy (non-hydrogen) atoms. The summed E-state index contributed by atoms with van der Waals surface area (Å²) in [6.07, 6.45) is 1.76. The summed E-state index contributed by atoms with van der Waals surface area (Å²) in [6, 6.07) is 31.7. The lowest BCUT2D eigenvalue weighted by atomic mass is 10.0. The smallest absolute Gasteiger partial charge is 0.262 e. The van der Waals surface area contributed by atoms with Gasteiger partial charge in [-0.1, -0.05) is 48.0 Å². The standard InChI is InChI=1S/C33H27ClN4O3S/c1-21-10-11-22(19-26(21)34)28-16-17-29(41-28)32-31(27-9-5-6-18-35-27)37-33(42)38(32)24-14-12-23(13-15-24)36-30(39)20-40-25-7-3-2-4-8-25/h2-19,31-32H,20H2,1H3,(H,36,39)(H,37,42). The minimum Gasteiger partial charge on any atom is -0.484 e. The number of carbonyl (C=O) groups is 1. The highest BCUT2D eigenvalue weighted by Gasteiger charge is 2.42. The predicted molar refractivity (Wildman–Crippen MR) is 169 cm³/mol. The Kier molecular flexibility index (Phi) is 7.90. The van der Waals surface area contributed by atoms with Crippen LogP contribution in [-0.4, -0.2) is 22.6 Å². The summed E-state index contributed by atoms with van der Waals surface area (Å²) in [6.45, 7) is 1.88. The third-order valence-electron chi connectivity index (χ3n) is 7.02. The summed E-state index contributed by atoms with van der Waals surface area (Å²) < 4.78 is 12.0. The van der Waals surface area contributed by atoms with Gasteiger partial charge in [0.15, 0.2) is 11.7 Å². The normalized spacial score (nSPS) is 16.2. The van der Waals surface area contributed by atoms with E-state index in [4.69, 9.17) is 33.0 Å². The summed E-state index contributed by atoms with van der Waals surface area (Å²) in [7, 11) is 0. The number of nitrogens with one attached hydrogen (secondary N) is 2. The number of amides is 1. The third-order valence-corrected chi connectivity index (χ3v) is 7.74. The Balaban J connectivity index is 1.26. The number of hydrogen-bond acceptors (Lipinski definition) is 5. The number of aryl methyl sites for hydroxylation is 1. The van der Waals surface area contributed by atoms with E-state index < -0.39 is 0 Å². The molecule has 2 aromatic heterocycles. The minimum atomic E-state index is -0.318. The van der Waals surface area contributed by atoms with Crippen LogP contribution in [0.15, 0.2) is 114 Å². The molecular weight excluding hydrogens is 568 g/mol. The molecule has 0 saturated carbocycles. The van der Waals surface area contributed by atoms with Crippen LogP contribution in [-0.2, 0) is 4.79 Å². The Morgan fingerprint density at radius 3 is 2.55 bits per heavy atom. The molecule has 1 fully saturated rings. The van der Waals surface area contributed by atoms with Crippen molar-refractivity contribution in [1.82, 2.24) is 10.3 Å². The maximum atomic E-state index is 12.5. The van der Waals surface area contributed by atoms with Gasteiger partial charge in [-0.05, 0) is 91.4 Å². The van der Waals surface area contributed by atoms with Crippen molar-refractivity contribution in [1.29, 1.82) is 0 Å². The lowest BCUT2D eigenvalue weighted by molar-refractivity contribution is -0.118. The summed E-state index contributed by atoms with van der Waals surface area (Å²) in [5.41, 5.74) is 4.22. The van der Waals surface area contributed by atoms with Crippen LogP contribution in [0.2, 0.25) is 5.02 Å². The highest BCUT2D eigenvalue weighted by atomic mass is 35.5. The molecular formula is C33H27ClN4O3S. The van der Waals surface area contributed by atoms with E-state index in [1.54, 1.807) is 6.20 Å². The largest absolute Gasteiger partial charge is 0.484 e. The molecule has 3 heterocycles. The van der Waals surface area contributed by atoms with Gasteiger partial charge in [0.25, 0.3) is 5.91 Å². The van der Waals surface area contributed by atoms with Gasteiger partial charge in [0.05, 0.1) is 11.7 Å². The van der Waals surface area contributed by atoms with Gasteiger partial charge < -0.3 is 24.7 Å². The Bertz CT molecular complexity index is 1710. The van der Waals surface area contributed by atoms with Gasteiger partial charge >= 0.3 is 0 Å². The number of halogens is 1. The molecule has 2 unspecified atom stereocenters. The molecule has 6 rings (SSSR count). The number of hydrogen-bond donors (Lipinski definition) is 2. The molecule has 1 amide bonds. The molecule has 2 atom stereocenters. The zero-order valence-electron chi connectivity index (χ0n) is 22.7. The summed E-state index contributed by atoms with van der Waals surface area (Å²) in [5.74, 6) is 1.82. The third kappa shape index (κ3) is 5.86. The van der Waals surface area contributed by atoms with Crippen molar-refractivity contribution in [3.8, 4) is 17.1 Å². The van der Waals surface area contributed by atoms with Crippen molar-refractivity contribution in [2.24, 2.45) is 0 Å². The number of nitrogens with zero attached hydrogens (tertiary/aromatic N) is 2. The second kappa shape index (κ2) is 12.1. The van der Waals surface area contributed by atoms with Gasteiger partial charge in [0.1, 0.15) is 23.3 Å². The van der Waals surface area contributed by atoms with E-state index in [9.17, 15) is 4.79 Å². The van der Waals surface area contributed by atoms with Crippen molar-refractivity contribution in [2.75, 3.05) is 16.8 Å². The van der Waals surface area contributed by atoms with Gasteiger partial charge in [0, 0.05) is 28.2 Å². The fraction of sp³-hybridized carbons (Fsp3) is 0.121. The van der Waals surface area contributed by atoms with Gasteiger partial charge in [-0.2, -0.15) is 0 Å². The number of rotatable bonds is 8. The Morgan fingerprint density at radius 2 is 1.81 bits per heavy atom. The number of aromatic nitrogens is 1. The average molecular weight is 595 g/mol. The van der Waals surface area contributed by atoms with Crippen molar-refractivity contribution < 1.29 is 13.9 Å². The number of benzene rings is 3. The monoisotopic (exact) mass is 594 g/mol. The van der Waals surface area contributed by atoms with Crippen LogP contribution in [0.1, 0.15) is 29.1 Å². The molecule has 0 radical (unpaired) electrons. The van der Waals surface area contributed by atoms with Crippen LogP contribution in [0.4, 0.5) is 11.4 Å². The Labute approximate surface area is 254 Å². The lowest BCUT2D eigenvalue weighted by Crippen LogP contribution is -2.29. The van der Waals surface area contributed by atoms with E-state index in [2.05, 4.69) is 15.6 Å². The topological polar surface area (TPSA) is 79.6 Å². The number of furan rings is 1. The SMILES string of the molecule is Cc1ccc(-c2ccc(C3C(c4ccccn4)NC(=S)N3c3ccc(NC(=O)COc4ccccc4)cc3)o2)cc1Cl. The molecule has 5 aromatic rings. The summed E-state index contributed by atoms with van der Waals surface area (Å²) in [5, 5.41) is 7.54. The van der Waals surface area contributed by atoms with Crippen molar-refractivity contribution in [2.45, 2.75) is 19.0 Å². The first-order chi connectivity index (χ1) is 20.5. The number of anilines is 2. The average Bonchev–Trinajstić information content (AvgIpc) is 3.64. The van der Waals surface area contributed by atoms with Crippen LogP contribution in [0.5, 0.6) is 5.75 Å². The van der Waals surface area contributed by atoms with Gasteiger partial charge in [-0.3, -0.25) is 9.78 Å². The first-order valence-corrected chi connectivity index (χ1v) is 14.2. The van der Waals surface area contributed by atoms with Crippen molar-refractivity contribution in [3.05, 3.63) is 131 Å². The first-order valence-electron chi connectivity index (χ1n) is 13.4. The molecule has 3 aromatic carbocycles. The second-order valence-corrected chi connectivity index (χ2v) is 10.7. The second-order valence-electron chi connectivity index (χ2n) is 9.86. The molecule has 1 aliphatic heterocycles. The van der Waals surface area contributed by atoms with E-state index in [1.165, 1.54) is 0 Å². The number of ether oxygens (including phenoxy) is 1. The molecule has 2 N–H and O–H groups in total. The molecule has 1 saturated heterocycles. The highest BCUT2D eigenvalue weighted by molar-refractivity contribution is 7.80. The highest BCUT2D eigenvalue weighted by Crippen LogP contribution is 2.43. The van der Waals surface area contributed by atoms with Gasteiger partial charge in [-0.25, -0.2) is 0 Å². The molecule has 1 aliphatic rings. The zero-order valence-corrected chi connectivity index (χ0v) is 24.2. The van der Waals surface area contributed by atoms with Crippen LogP contribution >= 0.6 is 23.8 Å². The predicted octanol–water partition coefficient (Wildman–Crippen LogP) is 7.50.